The van der Waals surface area contributed by atoms with Gasteiger partial charge in [0.2, 0.25) is 0 Å². The van der Waals surface area contributed by atoms with Gasteiger partial charge in [-0.3, -0.25) is 4.40 Å². The van der Waals surface area contributed by atoms with Crippen molar-refractivity contribution in [3.05, 3.63) is 84.1 Å². The standard InChI is InChI=1S/C27H27N3O2/c1-19-9-5-6-12-23(19)27(31)32-22-16-14-20(15-17-22)25-26(28-21-10-3-2-4-11-21)30-18-8-7-13-24(30)29-25/h5-9,12-18,21,28H,2-4,10-11H2,1H3. The lowest BCUT2D eigenvalue weighted by Crippen LogP contribution is -2.23. The monoisotopic (exact) mass is 425 g/mol. The number of fused-ring (bicyclic) bond motifs is 1. The second kappa shape index (κ2) is 8.87. The molecule has 5 heteroatoms. The van der Waals surface area contributed by atoms with Crippen molar-refractivity contribution >= 4 is 17.4 Å². The van der Waals surface area contributed by atoms with Gasteiger partial charge in [-0.25, -0.2) is 9.78 Å². The van der Waals surface area contributed by atoms with E-state index in [-0.39, 0.29) is 5.97 Å². The molecule has 4 aromatic rings. The molecule has 2 aromatic heterocycles. The Hall–Kier alpha value is -3.60. The summed E-state index contributed by atoms with van der Waals surface area (Å²) in [6.45, 7) is 1.91. The lowest BCUT2D eigenvalue weighted by Gasteiger charge is -2.24. The first-order chi connectivity index (χ1) is 15.7. The summed E-state index contributed by atoms with van der Waals surface area (Å²) in [5, 5.41) is 3.76. The minimum absolute atomic E-state index is 0.344. The fourth-order valence-corrected chi connectivity index (χ4v) is 4.42. The molecule has 1 aliphatic rings. The van der Waals surface area contributed by atoms with Gasteiger partial charge in [-0.05, 0) is 67.8 Å². The summed E-state index contributed by atoms with van der Waals surface area (Å²) in [5.74, 6) is 1.20. The van der Waals surface area contributed by atoms with Crippen LogP contribution in [0.5, 0.6) is 5.75 Å². The molecule has 162 valence electrons. The summed E-state index contributed by atoms with van der Waals surface area (Å²) in [6, 6.07) is 21.6. The van der Waals surface area contributed by atoms with Gasteiger partial charge in [0.15, 0.2) is 0 Å². The van der Waals surface area contributed by atoms with Crippen molar-refractivity contribution in [2.75, 3.05) is 5.32 Å². The summed E-state index contributed by atoms with van der Waals surface area (Å²) in [7, 11) is 0. The fourth-order valence-electron chi connectivity index (χ4n) is 4.42. The number of ether oxygens (including phenoxy) is 1. The largest absolute Gasteiger partial charge is 0.423 e. The van der Waals surface area contributed by atoms with Gasteiger partial charge in [-0.1, -0.05) is 43.5 Å². The van der Waals surface area contributed by atoms with Gasteiger partial charge >= 0.3 is 5.97 Å². The summed E-state index contributed by atoms with van der Waals surface area (Å²) in [5.41, 5.74) is 4.30. The SMILES string of the molecule is Cc1ccccc1C(=O)Oc1ccc(-c2nc3ccccn3c2NC2CCCCC2)cc1. The molecule has 1 N–H and O–H groups in total. The highest BCUT2D eigenvalue weighted by atomic mass is 16.5. The number of nitrogens with one attached hydrogen (secondary N) is 1. The Morgan fingerprint density at radius 1 is 0.969 bits per heavy atom. The number of anilines is 1. The lowest BCUT2D eigenvalue weighted by molar-refractivity contribution is 0.0734. The molecule has 32 heavy (non-hydrogen) atoms. The number of aromatic nitrogens is 2. The first-order valence-electron chi connectivity index (χ1n) is 11.3. The van der Waals surface area contributed by atoms with Crippen LogP contribution in [0.2, 0.25) is 0 Å². The number of hydrogen-bond donors (Lipinski definition) is 1. The number of imidazole rings is 1. The predicted molar refractivity (Wildman–Crippen MR) is 127 cm³/mol. The summed E-state index contributed by atoms with van der Waals surface area (Å²) >= 11 is 0. The molecule has 5 rings (SSSR count). The highest BCUT2D eigenvalue weighted by Crippen LogP contribution is 2.32. The van der Waals surface area contributed by atoms with Gasteiger partial charge < -0.3 is 10.1 Å². The van der Waals surface area contributed by atoms with E-state index in [1.54, 1.807) is 6.07 Å². The first-order valence-corrected chi connectivity index (χ1v) is 11.3. The molecule has 0 saturated heterocycles. The van der Waals surface area contributed by atoms with E-state index in [2.05, 4.69) is 15.9 Å². The zero-order valence-corrected chi connectivity index (χ0v) is 18.3. The highest BCUT2D eigenvalue weighted by molar-refractivity contribution is 5.92. The Bertz CT molecular complexity index is 1240. The Morgan fingerprint density at radius 3 is 2.50 bits per heavy atom. The topological polar surface area (TPSA) is 55.6 Å². The minimum atomic E-state index is -0.344. The van der Waals surface area contributed by atoms with Crippen LogP contribution in [0.3, 0.4) is 0 Å². The fraction of sp³-hybridized carbons (Fsp3) is 0.259. The van der Waals surface area contributed by atoms with E-state index in [4.69, 9.17) is 9.72 Å². The van der Waals surface area contributed by atoms with Crippen LogP contribution in [0, 0.1) is 6.92 Å². The zero-order valence-electron chi connectivity index (χ0n) is 18.3. The Balaban J connectivity index is 1.42. The third-order valence-electron chi connectivity index (χ3n) is 6.18. The zero-order chi connectivity index (χ0) is 21.9. The van der Waals surface area contributed by atoms with Crippen molar-refractivity contribution < 1.29 is 9.53 Å². The van der Waals surface area contributed by atoms with E-state index in [0.29, 0.717) is 17.4 Å². The molecule has 0 atom stereocenters. The number of rotatable bonds is 5. The number of aryl methyl sites for hydroxylation is 1. The molecule has 0 unspecified atom stereocenters. The van der Waals surface area contributed by atoms with E-state index in [1.165, 1.54) is 32.1 Å². The van der Waals surface area contributed by atoms with Crippen molar-refractivity contribution in [2.24, 2.45) is 0 Å². The predicted octanol–water partition coefficient (Wildman–Crippen LogP) is 6.27. The molecule has 1 saturated carbocycles. The van der Waals surface area contributed by atoms with Crippen molar-refractivity contribution in [1.29, 1.82) is 0 Å². The number of pyridine rings is 1. The second-order valence-electron chi connectivity index (χ2n) is 8.45. The smallest absolute Gasteiger partial charge is 0.343 e. The van der Waals surface area contributed by atoms with E-state index in [9.17, 15) is 4.79 Å². The van der Waals surface area contributed by atoms with Crippen LogP contribution in [0.4, 0.5) is 5.82 Å². The van der Waals surface area contributed by atoms with Gasteiger partial charge in [-0.15, -0.1) is 0 Å². The van der Waals surface area contributed by atoms with Crippen molar-refractivity contribution in [1.82, 2.24) is 9.38 Å². The van der Waals surface area contributed by atoms with Crippen LogP contribution in [0.1, 0.15) is 48.0 Å². The molecule has 1 aliphatic carbocycles. The van der Waals surface area contributed by atoms with Crippen molar-refractivity contribution in [2.45, 2.75) is 45.1 Å². The van der Waals surface area contributed by atoms with Crippen molar-refractivity contribution in [3.8, 4) is 17.0 Å². The quantitative estimate of drug-likeness (QED) is 0.302. The number of benzene rings is 2. The molecular weight excluding hydrogens is 398 g/mol. The van der Waals surface area contributed by atoms with Gasteiger partial charge in [-0.2, -0.15) is 0 Å². The molecule has 1 fully saturated rings. The third-order valence-corrected chi connectivity index (χ3v) is 6.18. The molecule has 0 radical (unpaired) electrons. The normalized spacial score (nSPS) is 14.4. The molecule has 0 spiro atoms. The number of carbonyl (C=O) groups excluding carboxylic acids is 1. The third kappa shape index (κ3) is 4.11. The number of esters is 1. The van der Waals surface area contributed by atoms with Crippen LogP contribution >= 0.6 is 0 Å². The Labute approximate surface area is 188 Å². The van der Waals surface area contributed by atoms with Gasteiger partial charge in [0, 0.05) is 17.8 Å². The van der Waals surface area contributed by atoms with E-state index < -0.39 is 0 Å². The minimum Gasteiger partial charge on any atom is -0.423 e. The molecule has 2 aromatic carbocycles. The van der Waals surface area contributed by atoms with Crippen molar-refractivity contribution in [3.63, 3.8) is 0 Å². The van der Waals surface area contributed by atoms with Gasteiger partial charge in [0.05, 0.1) is 5.56 Å². The van der Waals surface area contributed by atoms with Gasteiger partial charge in [0.25, 0.3) is 0 Å². The Morgan fingerprint density at radius 2 is 1.72 bits per heavy atom. The van der Waals surface area contributed by atoms with E-state index >= 15 is 0 Å². The molecule has 5 nitrogen and oxygen atoms in total. The molecule has 0 amide bonds. The first kappa shape index (κ1) is 20.3. The van der Waals surface area contributed by atoms with E-state index in [0.717, 1.165) is 28.3 Å². The number of nitrogens with zero attached hydrogens (tertiary/aromatic N) is 2. The highest BCUT2D eigenvalue weighted by Gasteiger charge is 2.20. The Kier molecular flexibility index (Phi) is 5.63. The average Bonchev–Trinajstić information content (AvgIpc) is 3.19. The van der Waals surface area contributed by atoms with Crippen LogP contribution in [-0.2, 0) is 0 Å². The maximum atomic E-state index is 12.5. The molecule has 0 aliphatic heterocycles. The summed E-state index contributed by atoms with van der Waals surface area (Å²) < 4.78 is 7.72. The van der Waals surface area contributed by atoms with Gasteiger partial charge in [0.1, 0.15) is 22.9 Å². The second-order valence-corrected chi connectivity index (χ2v) is 8.45. The molecule has 0 bridgehead atoms. The summed E-state index contributed by atoms with van der Waals surface area (Å²) in [4.78, 5) is 17.4. The van der Waals surface area contributed by atoms with E-state index in [1.807, 2.05) is 67.6 Å². The van der Waals surface area contributed by atoms with Crippen LogP contribution in [0.25, 0.3) is 16.9 Å². The van der Waals surface area contributed by atoms with Crippen LogP contribution in [-0.4, -0.2) is 21.4 Å². The number of carbonyl (C=O) groups is 1. The summed E-state index contributed by atoms with van der Waals surface area (Å²) in [6.07, 6.45) is 8.28. The molecular formula is C27H27N3O2. The van der Waals surface area contributed by atoms with Crippen LogP contribution in [0.15, 0.2) is 72.9 Å². The lowest BCUT2D eigenvalue weighted by atomic mass is 9.95. The molecule has 2 heterocycles. The maximum Gasteiger partial charge on any atom is 0.343 e. The number of hydrogen-bond acceptors (Lipinski definition) is 4. The maximum absolute atomic E-state index is 12.5. The van der Waals surface area contributed by atoms with Crippen LogP contribution < -0.4 is 10.1 Å². The average molecular weight is 426 g/mol.